The molecule has 3 rings (SSSR count). The van der Waals surface area contributed by atoms with Crippen LogP contribution in [-0.2, 0) is 41.3 Å². The lowest BCUT2D eigenvalue weighted by Crippen LogP contribution is -2.14. The molecule has 1 heterocycles. The predicted octanol–water partition coefficient (Wildman–Crippen LogP) is 5.79. The molecule has 12 nitrogen and oxygen atoms in total. The highest BCUT2D eigenvalue weighted by Crippen LogP contribution is 2.41. The summed E-state index contributed by atoms with van der Waals surface area (Å²) in [6.45, 7) is 12.7. The summed E-state index contributed by atoms with van der Waals surface area (Å²) in [5.74, 6) is 1.03. The fourth-order valence-corrected chi connectivity index (χ4v) is 5.02. The van der Waals surface area contributed by atoms with E-state index in [0.717, 1.165) is 11.1 Å². The Balaban J connectivity index is 1.97. The first kappa shape index (κ1) is 40.8. The van der Waals surface area contributed by atoms with E-state index in [1.165, 1.54) is 7.11 Å². The maximum Gasteiger partial charge on any atom is 0.204 e. The number of rotatable bonds is 25. The van der Waals surface area contributed by atoms with Crippen molar-refractivity contribution in [3.63, 3.8) is 0 Å². The highest BCUT2D eigenvalue weighted by molar-refractivity contribution is 5.98. The molecular formula is C38H54O12. The van der Waals surface area contributed by atoms with Crippen LogP contribution >= 0.6 is 0 Å². The van der Waals surface area contributed by atoms with Crippen molar-refractivity contribution in [1.82, 2.24) is 0 Å². The second kappa shape index (κ2) is 22.2. The molecule has 0 aliphatic heterocycles. The van der Waals surface area contributed by atoms with E-state index in [-0.39, 0.29) is 35.4 Å². The van der Waals surface area contributed by atoms with Crippen LogP contribution in [0.3, 0.4) is 0 Å². The first-order valence-corrected chi connectivity index (χ1v) is 16.9. The summed E-state index contributed by atoms with van der Waals surface area (Å²) in [4.78, 5) is 14.3. The van der Waals surface area contributed by atoms with Crippen LogP contribution < -0.4 is 19.6 Å². The van der Waals surface area contributed by atoms with E-state index >= 15 is 0 Å². The topological polar surface area (TPSA) is 134 Å². The minimum Gasteiger partial charge on any atom is -0.507 e. The van der Waals surface area contributed by atoms with Crippen LogP contribution in [0.5, 0.6) is 23.0 Å². The van der Waals surface area contributed by atoms with Crippen molar-refractivity contribution >= 4 is 21.9 Å². The third-order valence-corrected chi connectivity index (χ3v) is 7.52. The summed E-state index contributed by atoms with van der Waals surface area (Å²) < 4.78 is 56.5. The molecule has 1 N–H and O–H groups in total. The molecule has 2 aromatic carbocycles. The minimum absolute atomic E-state index is 0.0711. The smallest absolute Gasteiger partial charge is 0.204 e. The molecule has 12 heteroatoms. The summed E-state index contributed by atoms with van der Waals surface area (Å²) >= 11 is 0. The molecule has 0 saturated heterocycles. The summed E-state index contributed by atoms with van der Waals surface area (Å²) in [5, 5.41) is 12.0. The Hall–Kier alpha value is -3.65. The Morgan fingerprint density at radius 2 is 1.06 bits per heavy atom. The van der Waals surface area contributed by atoms with Gasteiger partial charge in [-0.05, 0) is 40.5 Å². The van der Waals surface area contributed by atoms with Gasteiger partial charge in [-0.15, -0.1) is 0 Å². The van der Waals surface area contributed by atoms with E-state index in [9.17, 15) is 9.90 Å². The number of hydrogen-bond donors (Lipinski definition) is 1. The van der Waals surface area contributed by atoms with Crippen LogP contribution in [0.25, 0.3) is 21.9 Å². The van der Waals surface area contributed by atoms with Crippen molar-refractivity contribution < 1.29 is 52.2 Å². The monoisotopic (exact) mass is 702 g/mol. The number of fused-ring (bicyclic) bond motifs is 2. The van der Waals surface area contributed by atoms with Gasteiger partial charge in [-0.2, -0.15) is 0 Å². The van der Waals surface area contributed by atoms with Crippen LogP contribution in [0.15, 0.2) is 44.6 Å². The zero-order valence-corrected chi connectivity index (χ0v) is 30.6. The highest BCUT2D eigenvalue weighted by atomic mass is 16.6. The fraction of sp³-hybridized carbons (Fsp3) is 0.553. The molecule has 0 spiro atoms. The third-order valence-electron chi connectivity index (χ3n) is 7.52. The largest absolute Gasteiger partial charge is 0.507 e. The van der Waals surface area contributed by atoms with Gasteiger partial charge in [0.15, 0.2) is 11.5 Å². The van der Waals surface area contributed by atoms with Gasteiger partial charge in [0.05, 0.1) is 78.6 Å². The van der Waals surface area contributed by atoms with Crippen molar-refractivity contribution in [1.29, 1.82) is 0 Å². The quantitative estimate of drug-likeness (QED) is 0.0651. The lowest BCUT2D eigenvalue weighted by molar-refractivity contribution is 0.0178. The van der Waals surface area contributed by atoms with Gasteiger partial charge in [0.25, 0.3) is 0 Å². The third kappa shape index (κ3) is 12.3. The molecule has 0 saturated carbocycles. The van der Waals surface area contributed by atoms with Crippen molar-refractivity contribution in [3.05, 3.63) is 56.8 Å². The van der Waals surface area contributed by atoms with Gasteiger partial charge >= 0.3 is 0 Å². The van der Waals surface area contributed by atoms with Crippen LogP contribution in [0.2, 0.25) is 0 Å². The summed E-state index contributed by atoms with van der Waals surface area (Å²) in [6.07, 6.45) is 4.71. The second-order valence-electron chi connectivity index (χ2n) is 11.9. The molecule has 50 heavy (non-hydrogen) atoms. The maximum absolute atomic E-state index is 14.3. The first-order chi connectivity index (χ1) is 24.2. The van der Waals surface area contributed by atoms with Crippen molar-refractivity contribution in [2.24, 2.45) is 0 Å². The van der Waals surface area contributed by atoms with Crippen molar-refractivity contribution in [3.8, 4) is 23.0 Å². The molecule has 1 aromatic heterocycles. The first-order valence-electron chi connectivity index (χ1n) is 16.9. The Labute approximate surface area is 294 Å². The van der Waals surface area contributed by atoms with Gasteiger partial charge in [-0.25, -0.2) is 0 Å². The average molecular weight is 703 g/mol. The minimum atomic E-state index is -0.376. The zero-order valence-electron chi connectivity index (χ0n) is 30.6. The fourth-order valence-electron chi connectivity index (χ4n) is 5.02. The molecule has 0 aliphatic carbocycles. The maximum atomic E-state index is 14.3. The second-order valence-corrected chi connectivity index (χ2v) is 11.9. The van der Waals surface area contributed by atoms with Gasteiger partial charge in [0.2, 0.25) is 5.43 Å². The van der Waals surface area contributed by atoms with E-state index in [2.05, 4.69) is 0 Å². The number of ether oxygens (including phenoxy) is 9. The number of phenolic OH excluding ortho intramolecular Hbond substituents is 1. The van der Waals surface area contributed by atoms with Crippen LogP contribution in [-0.4, -0.2) is 106 Å². The zero-order chi connectivity index (χ0) is 36.3. The lowest BCUT2D eigenvalue weighted by Gasteiger charge is -2.18. The molecule has 0 atom stereocenters. The van der Waals surface area contributed by atoms with Gasteiger partial charge in [-0.1, -0.05) is 23.3 Å². The number of methoxy groups -OCH3 is 3. The molecule has 0 fully saturated rings. The molecule has 0 amide bonds. The number of aromatic hydroxyl groups is 1. The van der Waals surface area contributed by atoms with E-state index in [1.807, 2.05) is 39.8 Å². The molecule has 278 valence electrons. The van der Waals surface area contributed by atoms with Gasteiger partial charge < -0.3 is 52.2 Å². The average Bonchev–Trinajstić information content (AvgIpc) is 3.08. The lowest BCUT2D eigenvalue weighted by atomic mass is 9.98. The molecule has 0 aliphatic rings. The normalized spacial score (nSPS) is 11.3. The summed E-state index contributed by atoms with van der Waals surface area (Å²) in [6, 6.07) is 3.30. The summed E-state index contributed by atoms with van der Waals surface area (Å²) in [7, 11) is 4.78. The molecular weight excluding hydrogens is 648 g/mol. The van der Waals surface area contributed by atoms with E-state index in [4.69, 9.17) is 47.0 Å². The Kier molecular flexibility index (Phi) is 18.1. The van der Waals surface area contributed by atoms with E-state index in [1.54, 1.807) is 26.4 Å². The van der Waals surface area contributed by atoms with Gasteiger partial charge in [0, 0.05) is 37.5 Å². The standard InChI is InChI=1S/C38H54O12/c1-26(2)8-10-28-30(48-22-20-46-18-16-44-14-12-41-5)24-32-35(36(28)39)37(40)34-29(11-9-27(3)4)38(43-7)33(25-31(34)50-32)49-23-21-47-19-17-45-15-13-42-6/h8-9,24-25,39H,10-23H2,1-7H3. The van der Waals surface area contributed by atoms with Gasteiger partial charge in [0.1, 0.15) is 41.3 Å². The SMILES string of the molecule is COCCOCCOCCOc1cc2oc3cc(OCCOCCOCCOC)c(OC)c(CC=C(C)C)c3c(=O)c2c(O)c1CC=C(C)C. The molecule has 3 aromatic rings. The highest BCUT2D eigenvalue weighted by Gasteiger charge is 2.24. The Morgan fingerprint density at radius 3 is 1.56 bits per heavy atom. The molecule has 0 unspecified atom stereocenters. The van der Waals surface area contributed by atoms with E-state index < -0.39 is 0 Å². The molecule has 0 bridgehead atoms. The number of benzene rings is 2. The van der Waals surface area contributed by atoms with Crippen LogP contribution in [0.4, 0.5) is 0 Å². The van der Waals surface area contributed by atoms with Crippen LogP contribution in [0, 0.1) is 0 Å². The van der Waals surface area contributed by atoms with Crippen LogP contribution in [0.1, 0.15) is 38.8 Å². The van der Waals surface area contributed by atoms with Gasteiger partial charge in [-0.3, -0.25) is 4.79 Å². The Morgan fingerprint density at radius 1 is 0.620 bits per heavy atom. The predicted molar refractivity (Wildman–Crippen MR) is 192 cm³/mol. The van der Waals surface area contributed by atoms with Crippen molar-refractivity contribution in [2.75, 3.05) is 101 Å². The molecule has 0 radical (unpaired) electrons. The summed E-state index contributed by atoms with van der Waals surface area (Å²) in [5.41, 5.74) is 3.30. The Bertz CT molecular complexity index is 1600. The van der Waals surface area contributed by atoms with Crippen molar-refractivity contribution in [2.45, 2.75) is 40.5 Å². The number of allylic oxidation sites excluding steroid dienone is 4. The van der Waals surface area contributed by atoms with E-state index in [0.29, 0.717) is 118 Å². The number of phenols is 1. The number of hydrogen-bond acceptors (Lipinski definition) is 12.